The first-order valence-electron chi connectivity index (χ1n) is 11.8. The third kappa shape index (κ3) is 5.05. The number of hydrogen-bond donors (Lipinski definition) is 0. The predicted octanol–water partition coefficient (Wildman–Crippen LogP) is 2.98. The highest BCUT2D eigenvalue weighted by molar-refractivity contribution is 7.10. The smallest absolute Gasteiger partial charge is 0.245 e. The third-order valence-electron chi connectivity index (χ3n) is 6.58. The summed E-state index contributed by atoms with van der Waals surface area (Å²) < 4.78 is 5.46. The van der Waals surface area contributed by atoms with Gasteiger partial charge in [0.25, 0.3) is 0 Å². The Labute approximate surface area is 203 Å². The molecule has 2 aliphatic heterocycles. The Morgan fingerprint density at radius 2 is 1.88 bits per heavy atom. The van der Waals surface area contributed by atoms with E-state index in [1.165, 1.54) is 5.56 Å². The van der Waals surface area contributed by atoms with Crippen molar-refractivity contribution < 1.29 is 14.1 Å². The molecule has 178 valence electrons. The van der Waals surface area contributed by atoms with E-state index in [-0.39, 0.29) is 17.9 Å². The van der Waals surface area contributed by atoms with E-state index < -0.39 is 0 Å². The summed E-state index contributed by atoms with van der Waals surface area (Å²) in [4.78, 5) is 37.6. The molecule has 34 heavy (non-hydrogen) atoms. The van der Waals surface area contributed by atoms with Crippen molar-refractivity contribution in [1.29, 1.82) is 0 Å². The van der Waals surface area contributed by atoms with Crippen molar-refractivity contribution in [2.75, 3.05) is 32.7 Å². The highest BCUT2D eigenvalue weighted by atomic mass is 32.1. The number of nitrogens with zero attached hydrogens (tertiary/aromatic N) is 5. The molecule has 4 heterocycles. The van der Waals surface area contributed by atoms with Crippen LogP contribution in [0.5, 0.6) is 0 Å². The number of piperazine rings is 1. The Kier molecular flexibility index (Phi) is 6.73. The third-order valence-corrected chi connectivity index (χ3v) is 7.46. The van der Waals surface area contributed by atoms with Crippen LogP contribution >= 0.6 is 11.3 Å². The number of aromatic nitrogens is 2. The number of thiophene rings is 1. The second kappa shape index (κ2) is 10.1. The highest BCUT2D eigenvalue weighted by Gasteiger charge is 2.37. The van der Waals surface area contributed by atoms with Gasteiger partial charge in [-0.05, 0) is 31.2 Å². The van der Waals surface area contributed by atoms with E-state index in [0.29, 0.717) is 44.3 Å². The largest absolute Gasteiger partial charge is 0.338 e. The fourth-order valence-electron chi connectivity index (χ4n) is 4.65. The molecule has 2 aliphatic rings. The van der Waals surface area contributed by atoms with Crippen molar-refractivity contribution in [2.24, 2.45) is 0 Å². The molecule has 0 radical (unpaired) electrons. The summed E-state index contributed by atoms with van der Waals surface area (Å²) in [5, 5.41) is 6.09. The van der Waals surface area contributed by atoms with Gasteiger partial charge >= 0.3 is 0 Å². The summed E-state index contributed by atoms with van der Waals surface area (Å²) in [5.74, 6) is 1.31. The van der Waals surface area contributed by atoms with Crippen LogP contribution in [0.25, 0.3) is 11.4 Å². The van der Waals surface area contributed by atoms with E-state index >= 15 is 0 Å². The van der Waals surface area contributed by atoms with Crippen molar-refractivity contribution >= 4 is 23.2 Å². The van der Waals surface area contributed by atoms with E-state index in [9.17, 15) is 9.59 Å². The molecule has 0 aliphatic carbocycles. The first kappa shape index (κ1) is 22.7. The van der Waals surface area contributed by atoms with Gasteiger partial charge in [0.1, 0.15) is 6.04 Å². The minimum atomic E-state index is -0.327. The molecule has 1 aromatic carbocycles. The van der Waals surface area contributed by atoms with Crippen molar-refractivity contribution in [2.45, 2.75) is 38.8 Å². The normalized spacial score (nSPS) is 19.0. The summed E-state index contributed by atoms with van der Waals surface area (Å²) >= 11 is 1.58. The Morgan fingerprint density at radius 1 is 1.09 bits per heavy atom. The van der Waals surface area contributed by atoms with Crippen LogP contribution in [0.15, 0.2) is 46.3 Å². The molecule has 3 aromatic rings. The number of amides is 2. The Morgan fingerprint density at radius 3 is 2.62 bits per heavy atom. The lowest BCUT2D eigenvalue weighted by Gasteiger charge is -2.36. The standard InChI is InChI=1S/C25H29N5O3S/c1-18-6-8-19(9-7-18)24-26-22(33-27-24)17-28-11-13-29(14-12-28)25(32)21-5-2-10-30(21)23(31)16-20-4-3-15-34-20/h3-4,6-9,15,21H,2,5,10-14,16-17H2,1H3. The maximum atomic E-state index is 13.2. The monoisotopic (exact) mass is 479 g/mol. The molecule has 1 atom stereocenters. The summed E-state index contributed by atoms with van der Waals surface area (Å²) in [6, 6.07) is 11.6. The number of aryl methyl sites for hydroxylation is 1. The van der Waals surface area contributed by atoms with Crippen molar-refractivity contribution in [3.05, 3.63) is 58.1 Å². The van der Waals surface area contributed by atoms with Crippen LogP contribution in [-0.2, 0) is 22.6 Å². The van der Waals surface area contributed by atoms with E-state index in [1.807, 2.05) is 53.6 Å². The van der Waals surface area contributed by atoms with Crippen LogP contribution < -0.4 is 0 Å². The van der Waals surface area contributed by atoms with Gasteiger partial charge in [-0.15, -0.1) is 11.3 Å². The zero-order chi connectivity index (χ0) is 23.5. The molecular weight excluding hydrogens is 450 g/mol. The van der Waals surface area contributed by atoms with Gasteiger partial charge in [-0.3, -0.25) is 14.5 Å². The molecule has 2 aromatic heterocycles. The van der Waals surface area contributed by atoms with Gasteiger partial charge < -0.3 is 14.3 Å². The fraction of sp³-hybridized carbons (Fsp3) is 0.440. The van der Waals surface area contributed by atoms with Crippen LogP contribution in [0.3, 0.4) is 0 Å². The number of hydrogen-bond acceptors (Lipinski definition) is 7. The SMILES string of the molecule is Cc1ccc(-c2noc(CN3CCN(C(=O)C4CCCN4C(=O)Cc4cccs4)CC3)n2)cc1. The average Bonchev–Trinajstić information content (AvgIpc) is 3.62. The highest BCUT2D eigenvalue weighted by Crippen LogP contribution is 2.23. The first-order chi connectivity index (χ1) is 16.6. The second-order valence-corrected chi connectivity index (χ2v) is 10.0. The lowest BCUT2D eigenvalue weighted by atomic mass is 10.1. The lowest BCUT2D eigenvalue weighted by Crippen LogP contribution is -2.54. The van der Waals surface area contributed by atoms with Gasteiger partial charge in [0.15, 0.2) is 0 Å². The van der Waals surface area contributed by atoms with Crippen LogP contribution in [0.1, 0.15) is 29.2 Å². The van der Waals surface area contributed by atoms with Crippen LogP contribution in [0, 0.1) is 6.92 Å². The molecular formula is C25H29N5O3S. The summed E-state index contributed by atoms with van der Waals surface area (Å²) in [6.07, 6.45) is 2.01. The number of carbonyl (C=O) groups excluding carboxylic acids is 2. The minimum Gasteiger partial charge on any atom is -0.338 e. The maximum absolute atomic E-state index is 13.2. The van der Waals surface area contributed by atoms with Gasteiger partial charge in [-0.2, -0.15) is 4.98 Å². The van der Waals surface area contributed by atoms with E-state index in [2.05, 4.69) is 15.0 Å². The van der Waals surface area contributed by atoms with E-state index in [0.717, 1.165) is 36.4 Å². The minimum absolute atomic E-state index is 0.0534. The van der Waals surface area contributed by atoms with Crippen LogP contribution in [0.4, 0.5) is 0 Å². The number of carbonyl (C=O) groups is 2. The quantitative estimate of drug-likeness (QED) is 0.541. The molecule has 2 saturated heterocycles. The van der Waals surface area contributed by atoms with Crippen LogP contribution in [-0.4, -0.2) is 75.4 Å². The molecule has 0 saturated carbocycles. The lowest BCUT2D eigenvalue weighted by molar-refractivity contribution is -0.144. The fourth-order valence-corrected chi connectivity index (χ4v) is 5.35. The number of likely N-dealkylation sites (tertiary alicyclic amines) is 1. The molecule has 0 spiro atoms. The zero-order valence-corrected chi connectivity index (χ0v) is 20.2. The number of rotatable bonds is 6. The van der Waals surface area contributed by atoms with Crippen molar-refractivity contribution in [1.82, 2.24) is 24.8 Å². The average molecular weight is 480 g/mol. The molecule has 5 rings (SSSR count). The Hall–Kier alpha value is -3.04. The molecule has 1 unspecified atom stereocenters. The first-order valence-corrected chi connectivity index (χ1v) is 12.7. The number of benzene rings is 1. The van der Waals surface area contributed by atoms with E-state index in [4.69, 9.17) is 4.52 Å². The topological polar surface area (TPSA) is 82.8 Å². The molecule has 8 nitrogen and oxygen atoms in total. The summed E-state index contributed by atoms with van der Waals surface area (Å²) in [5.41, 5.74) is 2.12. The van der Waals surface area contributed by atoms with Gasteiger partial charge in [0.2, 0.25) is 23.5 Å². The molecule has 9 heteroatoms. The van der Waals surface area contributed by atoms with Gasteiger partial charge in [-0.25, -0.2) is 0 Å². The summed E-state index contributed by atoms with van der Waals surface area (Å²) in [6.45, 7) is 6.04. The van der Waals surface area contributed by atoms with Crippen molar-refractivity contribution in [3.8, 4) is 11.4 Å². The zero-order valence-electron chi connectivity index (χ0n) is 19.4. The summed E-state index contributed by atoms with van der Waals surface area (Å²) in [7, 11) is 0. The Balaban J connectivity index is 1.13. The van der Waals surface area contributed by atoms with Crippen molar-refractivity contribution in [3.63, 3.8) is 0 Å². The van der Waals surface area contributed by atoms with Gasteiger partial charge in [0, 0.05) is 43.2 Å². The maximum Gasteiger partial charge on any atom is 0.245 e. The second-order valence-electron chi connectivity index (χ2n) is 8.98. The molecule has 0 bridgehead atoms. The molecule has 2 amide bonds. The Bertz CT molecular complexity index is 1120. The molecule has 2 fully saturated rings. The predicted molar refractivity (Wildman–Crippen MR) is 129 cm³/mol. The molecule has 0 N–H and O–H groups in total. The van der Waals surface area contributed by atoms with Gasteiger partial charge in [-0.1, -0.05) is 41.1 Å². The van der Waals surface area contributed by atoms with Gasteiger partial charge in [0.05, 0.1) is 13.0 Å². The van der Waals surface area contributed by atoms with Crippen LogP contribution in [0.2, 0.25) is 0 Å². The van der Waals surface area contributed by atoms with E-state index in [1.54, 1.807) is 16.2 Å².